The second-order valence-electron chi connectivity index (χ2n) is 9.03. The van der Waals surface area contributed by atoms with Crippen LogP contribution in [0.5, 0.6) is 0 Å². The second-order valence-corrected chi connectivity index (χ2v) is 10.2. The molecule has 2 aliphatic heterocycles. The molecule has 7 nitrogen and oxygen atoms in total. The zero-order valence-corrected chi connectivity index (χ0v) is 20.0. The third-order valence-electron chi connectivity index (χ3n) is 6.78. The minimum absolute atomic E-state index is 0.0425. The van der Waals surface area contributed by atoms with Crippen LogP contribution >= 0.6 is 11.8 Å². The fourth-order valence-electron chi connectivity index (χ4n) is 4.91. The highest BCUT2D eigenvalue weighted by Gasteiger charge is 2.34. The van der Waals surface area contributed by atoms with E-state index in [1.165, 1.54) is 22.9 Å². The first kappa shape index (κ1) is 22.7. The van der Waals surface area contributed by atoms with Gasteiger partial charge in [-0.15, -0.1) is 0 Å². The highest BCUT2D eigenvalue weighted by molar-refractivity contribution is 8.15. The Morgan fingerprint density at radius 3 is 2.62 bits per heavy atom. The number of aryl methyl sites for hydroxylation is 1. The summed E-state index contributed by atoms with van der Waals surface area (Å²) in [6.45, 7) is 1.84. The molecule has 2 atom stereocenters. The molecule has 1 aliphatic carbocycles. The number of amides is 3. The van der Waals surface area contributed by atoms with E-state index in [-0.39, 0.29) is 30.2 Å². The summed E-state index contributed by atoms with van der Waals surface area (Å²) in [6.07, 6.45) is 4.21. The van der Waals surface area contributed by atoms with E-state index in [4.69, 9.17) is 0 Å². The van der Waals surface area contributed by atoms with E-state index in [1.807, 2.05) is 19.2 Å². The molecule has 2 aromatic rings. The monoisotopic (exact) mass is 476 g/mol. The molecule has 0 unspecified atom stereocenters. The van der Waals surface area contributed by atoms with Crippen LogP contribution in [-0.2, 0) is 16.0 Å². The maximum atomic E-state index is 13.1. The maximum Gasteiger partial charge on any atom is 0.262 e. The molecule has 0 saturated carbocycles. The van der Waals surface area contributed by atoms with E-state index in [1.54, 1.807) is 29.2 Å². The molecular formula is C26H28N4O3S. The first-order chi connectivity index (χ1) is 16.5. The van der Waals surface area contributed by atoms with Gasteiger partial charge in [0.05, 0.1) is 6.04 Å². The van der Waals surface area contributed by atoms with Crippen LogP contribution in [0.3, 0.4) is 0 Å². The van der Waals surface area contributed by atoms with Crippen molar-refractivity contribution in [3.8, 4) is 0 Å². The topological polar surface area (TPSA) is 82.1 Å². The van der Waals surface area contributed by atoms with Gasteiger partial charge < -0.3 is 15.1 Å². The number of anilines is 1. The molecule has 3 aliphatic rings. The quantitative estimate of drug-likeness (QED) is 0.709. The molecule has 1 N–H and O–H groups in total. The molecule has 34 heavy (non-hydrogen) atoms. The van der Waals surface area contributed by atoms with Crippen molar-refractivity contribution in [2.45, 2.75) is 43.4 Å². The Morgan fingerprint density at radius 1 is 1.12 bits per heavy atom. The van der Waals surface area contributed by atoms with Crippen molar-refractivity contribution in [3.05, 3.63) is 65.2 Å². The summed E-state index contributed by atoms with van der Waals surface area (Å²) >= 11 is 1.39. The van der Waals surface area contributed by atoms with Gasteiger partial charge in [-0.1, -0.05) is 36.0 Å². The van der Waals surface area contributed by atoms with E-state index in [2.05, 4.69) is 27.3 Å². The summed E-state index contributed by atoms with van der Waals surface area (Å²) in [5, 5.41) is 3.12. The SMILES string of the molecule is CN(C(=O)c1ccc(NC(=O)C[C@H]2SC(N3CCCC3)=NC2=O)cc1)[C@H]1CCc2ccccc21. The average Bonchev–Trinajstić information content (AvgIpc) is 3.59. The Morgan fingerprint density at radius 2 is 1.85 bits per heavy atom. The van der Waals surface area contributed by atoms with Crippen molar-refractivity contribution >= 4 is 40.3 Å². The number of nitrogens with zero attached hydrogens (tertiary/aromatic N) is 3. The van der Waals surface area contributed by atoms with Crippen molar-refractivity contribution in [3.63, 3.8) is 0 Å². The van der Waals surface area contributed by atoms with Gasteiger partial charge in [0.25, 0.3) is 11.8 Å². The molecule has 3 amide bonds. The van der Waals surface area contributed by atoms with E-state index >= 15 is 0 Å². The van der Waals surface area contributed by atoms with Crippen LogP contribution < -0.4 is 5.32 Å². The van der Waals surface area contributed by atoms with Gasteiger partial charge in [0.15, 0.2) is 5.17 Å². The van der Waals surface area contributed by atoms with E-state index in [0.29, 0.717) is 11.3 Å². The number of hydrogen-bond acceptors (Lipinski definition) is 5. The van der Waals surface area contributed by atoms with Crippen LogP contribution in [0.1, 0.15) is 53.2 Å². The van der Waals surface area contributed by atoms with Crippen molar-refractivity contribution in [1.82, 2.24) is 9.80 Å². The smallest absolute Gasteiger partial charge is 0.262 e. The van der Waals surface area contributed by atoms with Crippen molar-refractivity contribution in [2.75, 3.05) is 25.5 Å². The average molecular weight is 477 g/mol. The fraction of sp³-hybridized carbons (Fsp3) is 0.385. The summed E-state index contributed by atoms with van der Waals surface area (Å²) in [5.41, 5.74) is 3.71. The number of fused-ring (bicyclic) bond motifs is 1. The number of rotatable bonds is 5. The number of aliphatic imine (C=N–C) groups is 1. The third-order valence-corrected chi connectivity index (χ3v) is 7.99. The van der Waals surface area contributed by atoms with Gasteiger partial charge in [-0.2, -0.15) is 4.99 Å². The van der Waals surface area contributed by atoms with Gasteiger partial charge in [-0.05, 0) is 61.1 Å². The standard InChI is InChI=1S/C26H28N4O3S/c1-29(21-13-10-17-6-2-3-7-20(17)21)25(33)18-8-11-19(12-9-18)27-23(31)16-22-24(32)28-26(34-22)30-14-4-5-15-30/h2-3,6-9,11-12,21-22H,4-5,10,13-16H2,1H3,(H,27,31)/t21-,22+/m0/s1. The Hall–Kier alpha value is -3.13. The van der Waals surface area contributed by atoms with Gasteiger partial charge in [0, 0.05) is 37.8 Å². The Balaban J connectivity index is 1.16. The summed E-state index contributed by atoms with van der Waals surface area (Å²) in [6, 6.07) is 15.3. The number of amidine groups is 1. The van der Waals surface area contributed by atoms with Crippen molar-refractivity contribution in [1.29, 1.82) is 0 Å². The molecular weight excluding hydrogens is 448 g/mol. The van der Waals surface area contributed by atoms with E-state index < -0.39 is 5.25 Å². The Bertz CT molecular complexity index is 1140. The lowest BCUT2D eigenvalue weighted by Gasteiger charge is -2.25. The van der Waals surface area contributed by atoms with Crippen molar-refractivity contribution < 1.29 is 14.4 Å². The zero-order chi connectivity index (χ0) is 23.7. The fourth-order valence-corrected chi connectivity index (χ4v) is 6.03. The Labute approximate surface area is 203 Å². The number of carbonyl (C=O) groups is 3. The third kappa shape index (κ3) is 4.59. The van der Waals surface area contributed by atoms with Gasteiger partial charge in [0.1, 0.15) is 5.25 Å². The summed E-state index contributed by atoms with van der Waals surface area (Å²) in [7, 11) is 1.85. The van der Waals surface area contributed by atoms with Gasteiger partial charge >= 0.3 is 0 Å². The maximum absolute atomic E-state index is 13.1. The first-order valence-electron chi connectivity index (χ1n) is 11.8. The number of thioether (sulfide) groups is 1. The van der Waals surface area contributed by atoms with Crippen LogP contribution in [0.2, 0.25) is 0 Å². The lowest BCUT2D eigenvalue weighted by atomic mass is 10.1. The van der Waals surface area contributed by atoms with E-state index in [0.717, 1.165) is 43.9 Å². The molecule has 2 heterocycles. The van der Waals surface area contributed by atoms with Crippen LogP contribution in [0, 0.1) is 0 Å². The molecule has 5 rings (SSSR count). The highest BCUT2D eigenvalue weighted by atomic mass is 32.2. The number of nitrogens with one attached hydrogen (secondary N) is 1. The largest absolute Gasteiger partial charge is 0.351 e. The van der Waals surface area contributed by atoms with Crippen LogP contribution in [0.25, 0.3) is 0 Å². The lowest BCUT2D eigenvalue weighted by molar-refractivity contribution is -0.121. The molecule has 0 spiro atoms. The molecule has 0 aromatic heterocycles. The van der Waals surface area contributed by atoms with Gasteiger partial charge in [-0.3, -0.25) is 14.4 Å². The summed E-state index contributed by atoms with van der Waals surface area (Å²) in [5.74, 6) is -0.513. The predicted molar refractivity (Wildman–Crippen MR) is 134 cm³/mol. The normalized spacial score (nSPS) is 21.4. The number of likely N-dealkylation sites (tertiary alicyclic amines) is 1. The summed E-state index contributed by atoms with van der Waals surface area (Å²) in [4.78, 5) is 45.9. The van der Waals surface area contributed by atoms with Crippen LogP contribution in [0.15, 0.2) is 53.5 Å². The Kier molecular flexibility index (Phi) is 6.41. The molecule has 1 saturated heterocycles. The number of carbonyl (C=O) groups excluding carboxylic acids is 3. The molecule has 2 aromatic carbocycles. The zero-order valence-electron chi connectivity index (χ0n) is 19.2. The van der Waals surface area contributed by atoms with E-state index in [9.17, 15) is 14.4 Å². The summed E-state index contributed by atoms with van der Waals surface area (Å²) < 4.78 is 0. The molecule has 8 heteroatoms. The lowest BCUT2D eigenvalue weighted by Crippen LogP contribution is -2.30. The highest BCUT2D eigenvalue weighted by Crippen LogP contribution is 2.35. The van der Waals surface area contributed by atoms with Gasteiger partial charge in [-0.25, -0.2) is 0 Å². The number of benzene rings is 2. The van der Waals surface area contributed by atoms with Gasteiger partial charge in [0.2, 0.25) is 5.91 Å². The molecule has 1 fully saturated rings. The molecule has 0 bridgehead atoms. The molecule has 0 radical (unpaired) electrons. The minimum Gasteiger partial charge on any atom is -0.351 e. The second kappa shape index (κ2) is 9.62. The number of hydrogen-bond donors (Lipinski definition) is 1. The van der Waals surface area contributed by atoms with Crippen LogP contribution in [0.4, 0.5) is 5.69 Å². The minimum atomic E-state index is -0.473. The first-order valence-corrected chi connectivity index (χ1v) is 12.7. The van der Waals surface area contributed by atoms with Crippen LogP contribution in [-0.4, -0.2) is 58.1 Å². The molecule has 176 valence electrons. The predicted octanol–water partition coefficient (Wildman–Crippen LogP) is 3.87. The van der Waals surface area contributed by atoms with Crippen molar-refractivity contribution in [2.24, 2.45) is 4.99 Å².